The quantitative estimate of drug-likeness (QED) is 0.700. The number of rotatable bonds is 5. The number of aryl methyl sites for hydroxylation is 1. The molecule has 1 aromatic rings. The van der Waals surface area contributed by atoms with Crippen LogP contribution in [0.2, 0.25) is 0 Å². The molecule has 1 amide bonds. The van der Waals surface area contributed by atoms with E-state index in [9.17, 15) is 18.0 Å². The van der Waals surface area contributed by atoms with Gasteiger partial charge in [-0.1, -0.05) is 6.07 Å². The van der Waals surface area contributed by atoms with E-state index in [1.807, 2.05) is 0 Å². The molecule has 114 valence electrons. The second-order valence-corrected chi connectivity index (χ2v) is 5.36. The van der Waals surface area contributed by atoms with E-state index in [2.05, 4.69) is 9.46 Å². The van der Waals surface area contributed by atoms with Crippen LogP contribution in [0.3, 0.4) is 0 Å². The molecule has 21 heavy (non-hydrogen) atoms. The summed E-state index contributed by atoms with van der Waals surface area (Å²) in [5.74, 6) is -1.12. The second-order valence-electron chi connectivity index (χ2n) is 3.94. The number of amides is 1. The number of hydrogen-bond donors (Lipinski definition) is 3. The summed E-state index contributed by atoms with van der Waals surface area (Å²) in [6.07, 6.45) is 1.15. The zero-order chi connectivity index (χ0) is 16.0. The normalized spacial score (nSPS) is 11.1. The van der Waals surface area contributed by atoms with Crippen molar-refractivity contribution in [3.63, 3.8) is 0 Å². The van der Waals surface area contributed by atoms with E-state index in [4.69, 9.17) is 5.11 Å². The first-order valence-electron chi connectivity index (χ1n) is 5.63. The smallest absolute Gasteiger partial charge is 0.422 e. The number of ether oxygens (including phenoxy) is 1. The van der Waals surface area contributed by atoms with Gasteiger partial charge in [-0.3, -0.25) is 4.72 Å². The zero-order valence-corrected chi connectivity index (χ0v) is 12.1. The summed E-state index contributed by atoms with van der Waals surface area (Å²) in [6, 6.07) is 4.52. The van der Waals surface area contributed by atoms with Gasteiger partial charge in [0, 0.05) is 6.08 Å². The van der Waals surface area contributed by atoms with Crippen LogP contribution in [-0.2, 0) is 19.7 Å². The van der Waals surface area contributed by atoms with Crippen LogP contribution < -0.4 is 9.44 Å². The molecular weight excluding hydrogens is 300 g/mol. The number of carbonyl (C=O) groups is 2. The second kappa shape index (κ2) is 6.75. The van der Waals surface area contributed by atoms with Gasteiger partial charge in [0.15, 0.2) is 0 Å². The maximum atomic E-state index is 11.6. The van der Waals surface area contributed by atoms with Crippen LogP contribution in [-0.4, -0.2) is 32.7 Å². The Hall–Kier alpha value is -2.55. The minimum absolute atomic E-state index is 0.169. The van der Waals surface area contributed by atoms with Gasteiger partial charge in [0.2, 0.25) is 0 Å². The lowest BCUT2D eigenvalue weighted by molar-refractivity contribution is -0.131. The fourth-order valence-electron chi connectivity index (χ4n) is 1.38. The summed E-state index contributed by atoms with van der Waals surface area (Å²) < 4.78 is 31.1. The van der Waals surface area contributed by atoms with Crippen LogP contribution in [0.15, 0.2) is 24.3 Å². The van der Waals surface area contributed by atoms with E-state index < -0.39 is 22.3 Å². The highest BCUT2D eigenvalue weighted by molar-refractivity contribution is 7.91. The Kier molecular flexibility index (Phi) is 5.30. The van der Waals surface area contributed by atoms with Crippen LogP contribution in [0.1, 0.15) is 11.1 Å². The van der Waals surface area contributed by atoms with Crippen molar-refractivity contribution in [2.24, 2.45) is 0 Å². The van der Waals surface area contributed by atoms with Gasteiger partial charge in [0.1, 0.15) is 0 Å². The van der Waals surface area contributed by atoms with E-state index in [0.717, 1.165) is 18.7 Å². The first kappa shape index (κ1) is 16.5. The van der Waals surface area contributed by atoms with E-state index >= 15 is 0 Å². The molecule has 0 saturated heterocycles. The molecule has 0 aromatic heterocycles. The van der Waals surface area contributed by atoms with Gasteiger partial charge in [-0.15, -0.1) is 0 Å². The van der Waals surface area contributed by atoms with Gasteiger partial charge >= 0.3 is 22.3 Å². The Bertz CT molecular complexity index is 681. The first-order valence-corrected chi connectivity index (χ1v) is 7.12. The molecule has 0 fully saturated rings. The summed E-state index contributed by atoms with van der Waals surface area (Å²) in [5.41, 5.74) is 1.45. The lowest BCUT2D eigenvalue weighted by Crippen LogP contribution is -2.35. The molecule has 8 nitrogen and oxygen atoms in total. The molecule has 0 atom stereocenters. The van der Waals surface area contributed by atoms with Crippen molar-refractivity contribution in [3.05, 3.63) is 35.4 Å². The maximum Gasteiger partial charge on any atom is 0.422 e. The van der Waals surface area contributed by atoms with Crippen molar-refractivity contribution in [3.8, 4) is 0 Å². The highest BCUT2D eigenvalue weighted by Gasteiger charge is 2.14. The third-order valence-corrected chi connectivity index (χ3v) is 3.28. The van der Waals surface area contributed by atoms with E-state index in [1.54, 1.807) is 17.7 Å². The SMILES string of the molecule is COC(=O)NS(=O)(=O)Nc1ccc(C)c(/C=C/C(=O)O)c1. The Morgan fingerprint density at radius 3 is 2.57 bits per heavy atom. The molecule has 0 unspecified atom stereocenters. The standard InChI is InChI=1S/C12H14N2O6S/c1-8-3-5-10(7-9(8)4-6-11(15)16)13-21(18,19)14-12(17)20-2/h3-7,13H,1-2H3,(H,14,17)(H,15,16)/b6-4+. The average Bonchev–Trinajstić information content (AvgIpc) is 2.38. The molecule has 0 saturated carbocycles. The van der Waals surface area contributed by atoms with Crippen molar-refractivity contribution in [2.75, 3.05) is 11.8 Å². The molecule has 9 heteroatoms. The van der Waals surface area contributed by atoms with Gasteiger partial charge in [-0.25, -0.2) is 14.3 Å². The Balaban J connectivity index is 2.97. The van der Waals surface area contributed by atoms with Gasteiger partial charge in [-0.05, 0) is 36.3 Å². The van der Waals surface area contributed by atoms with Crippen molar-refractivity contribution in [1.82, 2.24) is 4.72 Å². The van der Waals surface area contributed by atoms with Crippen molar-refractivity contribution < 1.29 is 27.9 Å². The predicted molar refractivity (Wildman–Crippen MR) is 75.9 cm³/mol. The van der Waals surface area contributed by atoms with Gasteiger partial charge in [-0.2, -0.15) is 8.42 Å². The molecule has 0 radical (unpaired) electrons. The van der Waals surface area contributed by atoms with Crippen molar-refractivity contribution in [1.29, 1.82) is 0 Å². The maximum absolute atomic E-state index is 11.6. The number of anilines is 1. The van der Waals surface area contributed by atoms with Gasteiger partial charge < -0.3 is 9.84 Å². The van der Waals surface area contributed by atoms with Crippen molar-refractivity contribution >= 4 is 34.0 Å². The first-order chi connectivity index (χ1) is 9.73. The van der Waals surface area contributed by atoms with E-state index in [-0.39, 0.29) is 5.69 Å². The van der Waals surface area contributed by atoms with E-state index in [1.165, 1.54) is 18.2 Å². The molecule has 0 spiro atoms. The zero-order valence-electron chi connectivity index (χ0n) is 11.3. The molecule has 0 aliphatic heterocycles. The highest BCUT2D eigenvalue weighted by Crippen LogP contribution is 2.17. The molecule has 0 aliphatic rings. The van der Waals surface area contributed by atoms with Crippen LogP contribution in [0.25, 0.3) is 6.08 Å². The molecular formula is C12H14N2O6S. The molecule has 0 heterocycles. The number of carboxylic acid groups (broad SMARTS) is 1. The third kappa shape index (κ3) is 5.53. The predicted octanol–water partition coefficient (Wildman–Crippen LogP) is 1.11. The minimum Gasteiger partial charge on any atom is -0.478 e. The molecule has 1 aromatic carbocycles. The summed E-state index contributed by atoms with van der Waals surface area (Å²) in [5, 5.41) is 8.59. The van der Waals surface area contributed by atoms with Crippen LogP contribution >= 0.6 is 0 Å². The highest BCUT2D eigenvalue weighted by atomic mass is 32.2. The molecule has 3 N–H and O–H groups in total. The molecule has 0 bridgehead atoms. The Morgan fingerprint density at radius 2 is 2.00 bits per heavy atom. The summed E-state index contributed by atoms with van der Waals surface area (Å²) in [4.78, 5) is 21.4. The topological polar surface area (TPSA) is 122 Å². The average molecular weight is 314 g/mol. The lowest BCUT2D eigenvalue weighted by Gasteiger charge is -2.10. The number of aliphatic carboxylic acids is 1. The Morgan fingerprint density at radius 1 is 1.33 bits per heavy atom. The monoisotopic (exact) mass is 314 g/mol. The molecule has 0 aliphatic carbocycles. The summed E-state index contributed by atoms with van der Waals surface area (Å²) >= 11 is 0. The number of hydrogen-bond acceptors (Lipinski definition) is 5. The number of nitrogens with one attached hydrogen (secondary N) is 2. The Labute approximate surface area is 121 Å². The van der Waals surface area contributed by atoms with E-state index in [0.29, 0.717) is 5.56 Å². The summed E-state index contributed by atoms with van der Waals surface area (Å²) in [6.45, 7) is 1.74. The number of carbonyl (C=O) groups excluding carboxylic acids is 1. The fraction of sp³-hybridized carbons (Fsp3) is 0.167. The van der Waals surface area contributed by atoms with Crippen LogP contribution in [0.5, 0.6) is 0 Å². The summed E-state index contributed by atoms with van der Waals surface area (Å²) in [7, 11) is -3.09. The van der Waals surface area contributed by atoms with Crippen LogP contribution in [0.4, 0.5) is 10.5 Å². The minimum atomic E-state index is -4.12. The van der Waals surface area contributed by atoms with Crippen LogP contribution in [0, 0.1) is 6.92 Å². The van der Waals surface area contributed by atoms with Crippen molar-refractivity contribution in [2.45, 2.75) is 6.92 Å². The van der Waals surface area contributed by atoms with Gasteiger partial charge in [0.05, 0.1) is 12.8 Å². The lowest BCUT2D eigenvalue weighted by atomic mass is 10.1. The third-order valence-electron chi connectivity index (χ3n) is 2.34. The molecule has 1 rings (SSSR count). The van der Waals surface area contributed by atoms with Gasteiger partial charge in [0.25, 0.3) is 0 Å². The number of methoxy groups -OCH3 is 1. The fourth-order valence-corrected chi connectivity index (χ4v) is 2.17. The number of benzene rings is 1. The largest absolute Gasteiger partial charge is 0.478 e. The number of carboxylic acids is 1.